The Bertz CT molecular complexity index is 989. The number of carbonyl (C=O) groups is 2. The number of aryl methyl sites for hydroxylation is 1. The van der Waals surface area contributed by atoms with Gasteiger partial charge in [0.1, 0.15) is 15.5 Å². The Kier molecular flexibility index (Phi) is 7.36. The second kappa shape index (κ2) is 9.70. The van der Waals surface area contributed by atoms with Gasteiger partial charge in [0.2, 0.25) is 0 Å². The first-order valence-electron chi connectivity index (χ1n) is 10.7. The van der Waals surface area contributed by atoms with Crippen LogP contribution in [0.4, 0.5) is 18.0 Å². The normalized spacial score (nSPS) is 15.4. The van der Waals surface area contributed by atoms with E-state index in [0.717, 1.165) is 25.0 Å². The summed E-state index contributed by atoms with van der Waals surface area (Å²) in [6.07, 6.45) is -3.33. The molecule has 1 aliphatic heterocycles. The van der Waals surface area contributed by atoms with Crippen LogP contribution in [0.1, 0.15) is 54.5 Å². The third-order valence-electron chi connectivity index (χ3n) is 5.29. The zero-order valence-corrected chi connectivity index (χ0v) is 19.9. The fourth-order valence-corrected chi connectivity index (χ4v) is 4.59. The van der Waals surface area contributed by atoms with Crippen molar-refractivity contribution in [3.8, 4) is 10.6 Å². The second-order valence-corrected chi connectivity index (χ2v) is 10.1. The third kappa shape index (κ3) is 6.69. The van der Waals surface area contributed by atoms with Crippen LogP contribution in [-0.2, 0) is 10.9 Å². The predicted molar refractivity (Wildman–Crippen MR) is 120 cm³/mol. The molecule has 1 N–H and O–H groups in total. The summed E-state index contributed by atoms with van der Waals surface area (Å²) in [5.41, 5.74) is -0.165. The maximum absolute atomic E-state index is 13.0. The lowest BCUT2D eigenvalue weighted by molar-refractivity contribution is -0.137. The summed E-state index contributed by atoms with van der Waals surface area (Å²) in [4.78, 5) is 31.5. The number of aromatic nitrogens is 1. The fourth-order valence-electron chi connectivity index (χ4n) is 3.55. The second-order valence-electron chi connectivity index (χ2n) is 9.13. The Hall–Kier alpha value is -2.62. The lowest BCUT2D eigenvalue weighted by Gasteiger charge is -2.32. The highest BCUT2D eigenvalue weighted by Gasteiger charge is 2.31. The number of likely N-dealkylation sites (tertiary alicyclic amines) is 1. The molecule has 0 radical (unpaired) electrons. The van der Waals surface area contributed by atoms with Gasteiger partial charge in [-0.2, -0.15) is 13.2 Å². The molecule has 6 nitrogen and oxygen atoms in total. The smallest absolute Gasteiger partial charge is 0.416 e. The number of nitrogens with one attached hydrogen (secondary N) is 1. The van der Waals surface area contributed by atoms with Gasteiger partial charge in [-0.3, -0.25) is 4.79 Å². The maximum Gasteiger partial charge on any atom is 0.416 e. The van der Waals surface area contributed by atoms with Crippen LogP contribution in [0.25, 0.3) is 10.6 Å². The summed E-state index contributed by atoms with van der Waals surface area (Å²) in [5, 5.41) is 3.30. The SMILES string of the molecule is Cc1nc(-c2ccc(C(F)(F)F)cc2)sc1C(=O)N1CCC(CNC(=O)OC(C)(C)C)CC1. The number of alkyl carbamates (subject to hydrolysis) is 1. The Morgan fingerprint density at radius 1 is 1.15 bits per heavy atom. The van der Waals surface area contributed by atoms with Crippen molar-refractivity contribution in [3.63, 3.8) is 0 Å². The van der Waals surface area contributed by atoms with Gasteiger partial charge in [0.15, 0.2) is 0 Å². The van der Waals surface area contributed by atoms with E-state index in [-0.39, 0.29) is 11.8 Å². The Morgan fingerprint density at radius 2 is 1.76 bits per heavy atom. The molecule has 2 heterocycles. The van der Waals surface area contributed by atoms with Crippen LogP contribution >= 0.6 is 11.3 Å². The van der Waals surface area contributed by atoms with Crippen molar-refractivity contribution in [3.05, 3.63) is 40.4 Å². The number of carbonyl (C=O) groups excluding carboxylic acids is 2. The number of hydrogen-bond acceptors (Lipinski definition) is 5. The summed E-state index contributed by atoms with van der Waals surface area (Å²) in [5.74, 6) is 0.133. The summed E-state index contributed by atoms with van der Waals surface area (Å²) in [6, 6.07) is 4.78. The Labute approximate surface area is 195 Å². The van der Waals surface area contributed by atoms with Crippen molar-refractivity contribution in [2.75, 3.05) is 19.6 Å². The van der Waals surface area contributed by atoms with Gasteiger partial charge < -0.3 is 15.0 Å². The Morgan fingerprint density at radius 3 is 2.30 bits per heavy atom. The van der Waals surface area contributed by atoms with E-state index in [1.807, 2.05) is 0 Å². The largest absolute Gasteiger partial charge is 0.444 e. The van der Waals surface area contributed by atoms with E-state index >= 15 is 0 Å². The third-order valence-corrected chi connectivity index (χ3v) is 6.48. The van der Waals surface area contributed by atoms with Crippen molar-refractivity contribution >= 4 is 23.3 Å². The van der Waals surface area contributed by atoms with Crippen LogP contribution in [0, 0.1) is 12.8 Å². The average molecular weight is 484 g/mol. The molecule has 1 saturated heterocycles. The highest BCUT2D eigenvalue weighted by Crippen LogP contribution is 2.33. The minimum atomic E-state index is -4.40. The van der Waals surface area contributed by atoms with Gasteiger partial charge in [0.25, 0.3) is 5.91 Å². The lowest BCUT2D eigenvalue weighted by atomic mass is 9.96. The molecule has 0 unspecified atom stereocenters. The number of ether oxygens (including phenoxy) is 1. The molecular formula is C23H28F3N3O3S. The van der Waals surface area contributed by atoms with E-state index in [1.54, 1.807) is 32.6 Å². The van der Waals surface area contributed by atoms with Crippen LogP contribution in [-0.4, -0.2) is 47.1 Å². The number of benzene rings is 1. The molecule has 0 bridgehead atoms. The highest BCUT2D eigenvalue weighted by molar-refractivity contribution is 7.17. The molecule has 1 aromatic heterocycles. The molecule has 33 heavy (non-hydrogen) atoms. The molecule has 10 heteroatoms. The first kappa shape index (κ1) is 25.0. The Balaban J connectivity index is 1.57. The van der Waals surface area contributed by atoms with Crippen molar-refractivity contribution in [2.45, 2.75) is 52.3 Å². The molecule has 180 valence electrons. The van der Waals surface area contributed by atoms with Crippen molar-refractivity contribution in [1.82, 2.24) is 15.2 Å². The predicted octanol–water partition coefficient (Wildman–Crippen LogP) is 5.51. The van der Waals surface area contributed by atoms with Crippen molar-refractivity contribution < 1.29 is 27.5 Å². The summed E-state index contributed by atoms with van der Waals surface area (Å²) in [7, 11) is 0. The summed E-state index contributed by atoms with van der Waals surface area (Å²) in [6.45, 7) is 8.77. The number of thiazole rings is 1. The molecule has 1 aliphatic rings. The lowest BCUT2D eigenvalue weighted by Crippen LogP contribution is -2.42. The average Bonchev–Trinajstić information content (AvgIpc) is 3.12. The van der Waals surface area contributed by atoms with Crippen molar-refractivity contribution in [2.24, 2.45) is 5.92 Å². The number of hydrogen-bond donors (Lipinski definition) is 1. The van der Waals surface area contributed by atoms with Gasteiger partial charge in [0.05, 0.1) is 11.3 Å². The monoisotopic (exact) mass is 483 g/mol. The van der Waals surface area contributed by atoms with E-state index < -0.39 is 23.4 Å². The number of amides is 2. The van der Waals surface area contributed by atoms with Crippen LogP contribution in [0.2, 0.25) is 0 Å². The van der Waals surface area contributed by atoms with Crippen LogP contribution in [0.5, 0.6) is 0 Å². The highest BCUT2D eigenvalue weighted by atomic mass is 32.1. The number of piperidine rings is 1. The minimum Gasteiger partial charge on any atom is -0.444 e. The minimum absolute atomic E-state index is 0.123. The van der Waals surface area contributed by atoms with Gasteiger partial charge in [0, 0.05) is 25.2 Å². The van der Waals surface area contributed by atoms with E-state index in [1.165, 1.54) is 23.5 Å². The van der Waals surface area contributed by atoms with E-state index in [0.29, 0.717) is 40.8 Å². The van der Waals surface area contributed by atoms with Gasteiger partial charge in [-0.1, -0.05) is 12.1 Å². The van der Waals surface area contributed by atoms with Crippen molar-refractivity contribution in [1.29, 1.82) is 0 Å². The molecule has 1 aromatic carbocycles. The topological polar surface area (TPSA) is 71.5 Å². The van der Waals surface area contributed by atoms with Crippen LogP contribution < -0.4 is 5.32 Å². The van der Waals surface area contributed by atoms with Crippen LogP contribution in [0.15, 0.2) is 24.3 Å². The molecular weight excluding hydrogens is 455 g/mol. The van der Waals surface area contributed by atoms with E-state index in [2.05, 4.69) is 10.3 Å². The number of alkyl halides is 3. The summed E-state index contributed by atoms with van der Waals surface area (Å²) < 4.78 is 43.6. The quantitative estimate of drug-likeness (QED) is 0.622. The number of nitrogens with zero attached hydrogens (tertiary/aromatic N) is 2. The zero-order valence-electron chi connectivity index (χ0n) is 19.1. The number of halogens is 3. The first-order valence-corrected chi connectivity index (χ1v) is 11.6. The molecule has 0 atom stereocenters. The van der Waals surface area contributed by atoms with Gasteiger partial charge in [-0.05, 0) is 58.6 Å². The van der Waals surface area contributed by atoms with Crippen LogP contribution in [0.3, 0.4) is 0 Å². The molecule has 0 spiro atoms. The van der Waals surface area contributed by atoms with Gasteiger partial charge >= 0.3 is 12.3 Å². The van der Waals surface area contributed by atoms with Gasteiger partial charge in [-0.25, -0.2) is 9.78 Å². The zero-order chi connectivity index (χ0) is 24.4. The molecule has 2 aromatic rings. The molecule has 0 aliphatic carbocycles. The molecule has 3 rings (SSSR count). The number of rotatable bonds is 4. The van der Waals surface area contributed by atoms with E-state index in [4.69, 9.17) is 4.74 Å². The molecule has 1 fully saturated rings. The summed E-state index contributed by atoms with van der Waals surface area (Å²) >= 11 is 1.19. The first-order chi connectivity index (χ1) is 15.3. The molecule has 0 saturated carbocycles. The fraction of sp³-hybridized carbons (Fsp3) is 0.522. The standard InChI is InChI=1S/C23H28F3N3O3S/c1-14-18(33-19(28-14)16-5-7-17(8-6-16)23(24,25)26)20(30)29-11-9-15(10-12-29)13-27-21(31)32-22(2,3)4/h5-8,15H,9-13H2,1-4H3,(H,27,31). The maximum atomic E-state index is 13.0. The van der Waals surface area contributed by atoms with Gasteiger partial charge in [-0.15, -0.1) is 11.3 Å². The molecule has 2 amide bonds. The van der Waals surface area contributed by atoms with E-state index in [9.17, 15) is 22.8 Å².